The van der Waals surface area contributed by atoms with Gasteiger partial charge in [0.25, 0.3) is 11.8 Å². The standard InChI is InChI=1S/C50H64FN7O10/c1-30(2)25-40(41(59)29-51)57(49(67)50(31(3)4)42(60)23-24-43(61)58(50)68-7)48(66)39(28-36-21-15-10-16-22-36)56-47(65)38(27-35-19-13-9-14-20-35)55-45(63)33(6)53-44(62)32(5)54-46(64)37(52)26-34-17-11-8-12-18-34/h8-22,30-33,37-40H,23-29,52H2,1-7H3,(H,53,62)(H,54,64)(H,55,63)(H,56,65)/t32-,33-,37-,38-,39-,40?,50+/m0/s1. The van der Waals surface area contributed by atoms with Crippen molar-refractivity contribution in [3.05, 3.63) is 108 Å². The van der Waals surface area contributed by atoms with E-state index in [1.807, 2.05) is 30.3 Å². The van der Waals surface area contributed by atoms with Crippen LogP contribution >= 0.6 is 0 Å². The Morgan fingerprint density at radius 1 is 0.662 bits per heavy atom. The van der Waals surface area contributed by atoms with Gasteiger partial charge >= 0.3 is 0 Å². The van der Waals surface area contributed by atoms with E-state index in [2.05, 4.69) is 21.3 Å². The van der Waals surface area contributed by atoms with Crippen LogP contribution < -0.4 is 27.0 Å². The lowest BCUT2D eigenvalue weighted by molar-refractivity contribution is -0.226. The largest absolute Gasteiger partial charge is 0.343 e. The summed E-state index contributed by atoms with van der Waals surface area (Å²) in [5.74, 6) is -9.66. The van der Waals surface area contributed by atoms with Gasteiger partial charge in [-0.3, -0.25) is 52.9 Å². The Morgan fingerprint density at radius 2 is 1.12 bits per heavy atom. The van der Waals surface area contributed by atoms with Crippen LogP contribution in [0.4, 0.5) is 4.39 Å². The van der Waals surface area contributed by atoms with Crippen LogP contribution in [-0.2, 0) is 67.3 Å². The van der Waals surface area contributed by atoms with Crippen molar-refractivity contribution in [2.24, 2.45) is 17.6 Å². The summed E-state index contributed by atoms with van der Waals surface area (Å²) in [5, 5.41) is 11.0. The van der Waals surface area contributed by atoms with Crippen molar-refractivity contribution >= 4 is 52.9 Å². The SMILES string of the molecule is CON1C(=O)CCC(=O)[C@@]1(C(=O)N(C(=O)[C@H](Cc1ccccc1)NC(=O)[C@H](Cc1ccccc1)NC(=O)[C@H](C)NC(=O)[C@H](C)NC(=O)[C@@H](N)Cc1ccccc1)C(CC(C)C)C(=O)CF)C(C)C. The van der Waals surface area contributed by atoms with E-state index in [4.69, 9.17) is 10.6 Å². The molecule has 0 bridgehead atoms. The fraction of sp³-hybridized carbons (Fsp3) is 0.460. The smallest absolute Gasteiger partial charge is 0.266 e. The number of piperidine rings is 1. The van der Waals surface area contributed by atoms with E-state index in [0.29, 0.717) is 21.1 Å². The number of imide groups is 1. The zero-order chi connectivity index (χ0) is 50.3. The van der Waals surface area contributed by atoms with Gasteiger partial charge in [0.1, 0.15) is 36.9 Å². The van der Waals surface area contributed by atoms with E-state index < -0.39 is 120 Å². The lowest BCUT2D eigenvalue weighted by atomic mass is 9.75. The molecular weight excluding hydrogens is 878 g/mol. The molecule has 0 aromatic heterocycles. The lowest BCUT2D eigenvalue weighted by Gasteiger charge is -2.47. The van der Waals surface area contributed by atoms with E-state index in [0.717, 1.165) is 12.7 Å². The number of carbonyl (C=O) groups excluding carboxylic acids is 9. The highest BCUT2D eigenvalue weighted by molar-refractivity contribution is 6.20. The molecular formula is C50H64FN7O10. The first-order chi connectivity index (χ1) is 32.3. The van der Waals surface area contributed by atoms with Crippen molar-refractivity contribution < 1.29 is 52.4 Å². The topological polar surface area (TPSA) is 243 Å². The van der Waals surface area contributed by atoms with Gasteiger partial charge in [0.2, 0.25) is 35.1 Å². The highest BCUT2D eigenvalue weighted by Crippen LogP contribution is 2.36. The maximum atomic E-state index is 15.4. The van der Waals surface area contributed by atoms with Gasteiger partial charge in [-0.1, -0.05) is 119 Å². The zero-order valence-electron chi connectivity index (χ0n) is 39.7. The van der Waals surface area contributed by atoms with E-state index in [-0.39, 0.29) is 32.1 Å². The Kier molecular flexibility index (Phi) is 19.8. The van der Waals surface area contributed by atoms with Crippen molar-refractivity contribution in [3.8, 4) is 0 Å². The minimum atomic E-state index is -2.47. The summed E-state index contributed by atoms with van der Waals surface area (Å²) in [6.45, 7) is 7.51. The predicted molar refractivity (Wildman–Crippen MR) is 249 cm³/mol. The molecule has 18 heteroatoms. The molecule has 4 rings (SSSR count). The molecule has 0 spiro atoms. The number of hydrogen-bond acceptors (Lipinski definition) is 11. The van der Waals surface area contributed by atoms with Crippen molar-refractivity contribution in [3.63, 3.8) is 0 Å². The van der Waals surface area contributed by atoms with E-state index in [9.17, 15) is 38.0 Å². The Morgan fingerprint density at radius 3 is 1.59 bits per heavy atom. The number of hydrogen-bond donors (Lipinski definition) is 5. The zero-order valence-corrected chi connectivity index (χ0v) is 39.7. The second kappa shape index (κ2) is 24.9. The summed E-state index contributed by atoms with van der Waals surface area (Å²) < 4.78 is 14.6. The third-order valence-corrected chi connectivity index (χ3v) is 11.8. The molecule has 1 fully saturated rings. The third-order valence-electron chi connectivity index (χ3n) is 11.8. The Balaban J connectivity index is 1.71. The van der Waals surface area contributed by atoms with Gasteiger partial charge in [-0.25, -0.2) is 4.39 Å². The number of amides is 7. The molecule has 1 unspecified atom stereocenters. The number of nitrogens with zero attached hydrogens (tertiary/aromatic N) is 2. The second-order valence-corrected chi connectivity index (χ2v) is 17.7. The molecule has 68 heavy (non-hydrogen) atoms. The van der Waals surface area contributed by atoms with Crippen molar-refractivity contribution in [2.45, 2.75) is 122 Å². The van der Waals surface area contributed by atoms with Gasteiger partial charge < -0.3 is 27.0 Å². The number of alkyl halides is 1. The van der Waals surface area contributed by atoms with Gasteiger partial charge in [0.15, 0.2) is 11.6 Å². The number of nitrogens with two attached hydrogens (primary N) is 1. The fourth-order valence-corrected chi connectivity index (χ4v) is 8.17. The fourth-order valence-electron chi connectivity index (χ4n) is 8.17. The van der Waals surface area contributed by atoms with Crippen molar-refractivity contribution in [1.82, 2.24) is 31.2 Å². The summed E-state index contributed by atoms with van der Waals surface area (Å²) >= 11 is 0. The van der Waals surface area contributed by atoms with Crippen molar-refractivity contribution in [1.29, 1.82) is 0 Å². The maximum absolute atomic E-state index is 15.4. The van der Waals surface area contributed by atoms with Crippen LogP contribution in [0.1, 0.15) is 77.5 Å². The van der Waals surface area contributed by atoms with Crippen LogP contribution in [0.2, 0.25) is 0 Å². The Hall–Kier alpha value is -6.66. The van der Waals surface area contributed by atoms with Crippen LogP contribution in [0.3, 0.4) is 0 Å². The predicted octanol–water partition coefficient (Wildman–Crippen LogP) is 2.48. The van der Waals surface area contributed by atoms with Gasteiger partial charge in [-0.05, 0) is 55.2 Å². The second-order valence-electron chi connectivity index (χ2n) is 17.7. The van der Waals surface area contributed by atoms with Crippen LogP contribution in [0.15, 0.2) is 91.0 Å². The highest BCUT2D eigenvalue weighted by atomic mass is 19.1. The molecule has 1 aliphatic rings. The summed E-state index contributed by atoms with van der Waals surface area (Å²) in [5.41, 5.74) is 5.52. The van der Waals surface area contributed by atoms with E-state index >= 15 is 9.59 Å². The van der Waals surface area contributed by atoms with Crippen LogP contribution in [-0.4, -0.2) is 118 Å². The van der Waals surface area contributed by atoms with E-state index in [1.54, 1.807) is 74.5 Å². The van der Waals surface area contributed by atoms with Crippen LogP contribution in [0.5, 0.6) is 0 Å². The monoisotopic (exact) mass is 941 g/mol. The number of hydroxylamine groups is 2. The minimum absolute atomic E-state index is 0.133. The third kappa shape index (κ3) is 13.5. The normalized spacial score (nSPS) is 17.5. The summed E-state index contributed by atoms with van der Waals surface area (Å²) in [4.78, 5) is 132. The minimum Gasteiger partial charge on any atom is -0.343 e. The number of carbonyl (C=O) groups is 9. The molecule has 1 aliphatic heterocycles. The molecule has 6 N–H and O–H groups in total. The molecule has 0 radical (unpaired) electrons. The number of Topliss-reactive ketones (excluding diaryl/α,β-unsaturated/α-hetero) is 2. The number of benzene rings is 3. The average Bonchev–Trinajstić information content (AvgIpc) is 3.31. The first-order valence-corrected chi connectivity index (χ1v) is 22.7. The molecule has 0 saturated carbocycles. The van der Waals surface area contributed by atoms with E-state index in [1.165, 1.54) is 27.7 Å². The highest BCUT2D eigenvalue weighted by Gasteiger charge is 2.61. The number of ketones is 2. The molecule has 1 saturated heterocycles. The molecule has 7 amide bonds. The van der Waals surface area contributed by atoms with Crippen LogP contribution in [0.25, 0.3) is 0 Å². The lowest BCUT2D eigenvalue weighted by Crippen LogP contribution is -2.73. The van der Waals surface area contributed by atoms with Gasteiger partial charge in [-0.15, -0.1) is 0 Å². The molecule has 3 aromatic carbocycles. The van der Waals surface area contributed by atoms with Gasteiger partial charge in [0, 0.05) is 25.7 Å². The molecule has 0 aliphatic carbocycles. The Labute approximate surface area is 396 Å². The number of nitrogens with one attached hydrogen (secondary N) is 4. The van der Waals surface area contributed by atoms with Crippen LogP contribution in [0, 0.1) is 11.8 Å². The van der Waals surface area contributed by atoms with Gasteiger partial charge in [-0.2, -0.15) is 5.06 Å². The van der Waals surface area contributed by atoms with Gasteiger partial charge in [0.05, 0.1) is 13.2 Å². The molecule has 1 heterocycles. The first-order valence-electron chi connectivity index (χ1n) is 22.7. The molecule has 3 aromatic rings. The summed E-state index contributed by atoms with van der Waals surface area (Å²) in [6, 6.07) is 17.7. The average molecular weight is 942 g/mol. The quantitative estimate of drug-likeness (QED) is 0.0866. The number of rotatable bonds is 23. The molecule has 366 valence electrons. The summed E-state index contributed by atoms with van der Waals surface area (Å²) in [7, 11) is 1.08. The van der Waals surface area contributed by atoms with Crippen molar-refractivity contribution in [2.75, 3.05) is 13.8 Å². The molecule has 17 nitrogen and oxygen atoms in total. The maximum Gasteiger partial charge on any atom is 0.266 e. The number of halogens is 1. The molecule has 7 atom stereocenters. The summed E-state index contributed by atoms with van der Waals surface area (Å²) in [6.07, 6.45) is -1.14. The Bertz CT molecular complexity index is 2270. The first kappa shape index (κ1) is 54.0.